The van der Waals surface area contributed by atoms with Crippen LogP contribution in [0.1, 0.15) is 28.2 Å². The van der Waals surface area contributed by atoms with Crippen molar-refractivity contribution < 1.29 is 0 Å². The van der Waals surface area contributed by atoms with Crippen molar-refractivity contribution in [2.75, 3.05) is 0 Å². The Bertz CT molecular complexity index is 869. The van der Waals surface area contributed by atoms with Gasteiger partial charge in [-0.15, -0.1) is 0 Å². The van der Waals surface area contributed by atoms with Gasteiger partial charge >= 0.3 is 0 Å². The highest BCUT2D eigenvalue weighted by atomic mass is 79.9. The van der Waals surface area contributed by atoms with E-state index in [4.69, 9.17) is 0 Å². The van der Waals surface area contributed by atoms with Gasteiger partial charge in [-0.25, -0.2) is 0 Å². The molecule has 1 heteroatoms. The van der Waals surface area contributed by atoms with Crippen LogP contribution in [0.15, 0.2) is 65.1 Å². The number of benzene rings is 3. The van der Waals surface area contributed by atoms with Gasteiger partial charge in [0.25, 0.3) is 0 Å². The molecule has 0 heterocycles. The fourth-order valence-electron chi connectivity index (χ4n) is 3.26. The molecular formula is C20H15Br. The summed E-state index contributed by atoms with van der Waals surface area (Å²) < 4.78 is 1.24. The zero-order chi connectivity index (χ0) is 14.4. The van der Waals surface area contributed by atoms with Crippen molar-refractivity contribution in [1.29, 1.82) is 0 Å². The van der Waals surface area contributed by atoms with Crippen LogP contribution in [0.4, 0.5) is 0 Å². The highest BCUT2D eigenvalue weighted by Gasteiger charge is 2.23. The van der Waals surface area contributed by atoms with Crippen molar-refractivity contribution in [3.63, 3.8) is 0 Å². The van der Waals surface area contributed by atoms with E-state index in [-0.39, 0.29) is 0 Å². The number of halogens is 1. The smallest absolute Gasteiger partial charge is 0.0296 e. The molecule has 0 radical (unpaired) electrons. The van der Waals surface area contributed by atoms with Gasteiger partial charge in [0.1, 0.15) is 0 Å². The molecule has 1 unspecified atom stereocenters. The minimum atomic E-state index is 0.334. The highest BCUT2D eigenvalue weighted by Crippen LogP contribution is 2.42. The van der Waals surface area contributed by atoms with Crippen LogP contribution in [-0.4, -0.2) is 0 Å². The van der Waals surface area contributed by atoms with E-state index in [9.17, 15) is 0 Å². The minimum absolute atomic E-state index is 0.334. The summed E-state index contributed by atoms with van der Waals surface area (Å²) in [6, 6.07) is 19.6. The van der Waals surface area contributed by atoms with Crippen molar-refractivity contribution in [2.45, 2.75) is 12.8 Å². The zero-order valence-electron chi connectivity index (χ0n) is 11.8. The lowest BCUT2D eigenvalue weighted by Crippen LogP contribution is -1.99. The molecule has 1 aliphatic rings. The van der Waals surface area contributed by atoms with Crippen LogP contribution in [0.2, 0.25) is 0 Å². The molecular weight excluding hydrogens is 320 g/mol. The summed E-state index contributed by atoms with van der Waals surface area (Å²) in [7, 11) is 0. The molecule has 0 aromatic heterocycles. The summed E-state index contributed by atoms with van der Waals surface area (Å²) >= 11 is 3.79. The quantitative estimate of drug-likeness (QED) is 0.506. The molecule has 4 rings (SSSR count). The van der Waals surface area contributed by atoms with Crippen molar-refractivity contribution in [2.24, 2.45) is 0 Å². The van der Waals surface area contributed by atoms with Crippen LogP contribution in [0.25, 0.3) is 16.8 Å². The summed E-state index contributed by atoms with van der Waals surface area (Å²) in [5.74, 6) is 0.334. The standard InChI is InChI=1S/C20H15Br/c1-13-9-10-15-11-12-18(19(15)20(13)21)17-8-4-6-14-5-2-3-7-16(14)17/h2-12,18H,1H3. The van der Waals surface area contributed by atoms with Crippen LogP contribution in [-0.2, 0) is 0 Å². The minimum Gasteiger partial charge on any atom is -0.0720 e. The van der Waals surface area contributed by atoms with E-state index < -0.39 is 0 Å². The number of aryl methyl sites for hydroxylation is 1. The van der Waals surface area contributed by atoms with Gasteiger partial charge in [0, 0.05) is 10.4 Å². The molecule has 102 valence electrons. The van der Waals surface area contributed by atoms with Crippen molar-refractivity contribution in [3.8, 4) is 0 Å². The Hall–Kier alpha value is -1.86. The molecule has 21 heavy (non-hydrogen) atoms. The van der Waals surface area contributed by atoms with Crippen LogP contribution < -0.4 is 0 Å². The summed E-state index contributed by atoms with van der Waals surface area (Å²) in [6.45, 7) is 2.16. The molecule has 0 nitrogen and oxygen atoms in total. The van der Waals surface area contributed by atoms with Gasteiger partial charge < -0.3 is 0 Å². The highest BCUT2D eigenvalue weighted by molar-refractivity contribution is 9.10. The Morgan fingerprint density at radius 3 is 2.62 bits per heavy atom. The van der Waals surface area contributed by atoms with Gasteiger partial charge in [0.2, 0.25) is 0 Å². The van der Waals surface area contributed by atoms with Crippen LogP contribution in [0.5, 0.6) is 0 Å². The maximum absolute atomic E-state index is 3.79. The second-order valence-corrected chi connectivity index (χ2v) is 6.40. The summed E-state index contributed by atoms with van der Waals surface area (Å²) in [5.41, 5.74) is 5.40. The maximum atomic E-state index is 3.79. The molecule has 0 amide bonds. The average Bonchev–Trinajstić information content (AvgIpc) is 2.95. The molecule has 1 atom stereocenters. The van der Waals surface area contributed by atoms with Gasteiger partial charge in [-0.3, -0.25) is 0 Å². The third-order valence-corrected chi connectivity index (χ3v) is 5.40. The van der Waals surface area contributed by atoms with E-state index in [1.165, 1.54) is 37.5 Å². The van der Waals surface area contributed by atoms with Gasteiger partial charge in [-0.2, -0.15) is 0 Å². The molecule has 0 aliphatic heterocycles. The van der Waals surface area contributed by atoms with E-state index in [0.717, 1.165) is 0 Å². The Kier molecular flexibility index (Phi) is 2.97. The molecule has 0 bridgehead atoms. The fourth-order valence-corrected chi connectivity index (χ4v) is 3.86. The van der Waals surface area contributed by atoms with E-state index in [1.807, 2.05) is 0 Å². The predicted octanol–water partition coefficient (Wildman–Crippen LogP) is 6.07. The van der Waals surface area contributed by atoms with Crippen molar-refractivity contribution >= 4 is 32.8 Å². The van der Waals surface area contributed by atoms with Gasteiger partial charge in [-0.1, -0.05) is 82.7 Å². The molecule has 1 aliphatic carbocycles. The first kappa shape index (κ1) is 12.8. The zero-order valence-corrected chi connectivity index (χ0v) is 13.4. The van der Waals surface area contributed by atoms with Gasteiger partial charge in [-0.05, 0) is 39.9 Å². The average molecular weight is 335 g/mol. The van der Waals surface area contributed by atoms with Gasteiger partial charge in [0.05, 0.1) is 0 Å². The summed E-state index contributed by atoms with van der Waals surface area (Å²) in [4.78, 5) is 0. The normalized spacial score (nSPS) is 16.4. The molecule has 3 aromatic rings. The first-order valence-corrected chi connectivity index (χ1v) is 8.00. The number of hydrogen-bond acceptors (Lipinski definition) is 0. The summed E-state index contributed by atoms with van der Waals surface area (Å²) in [5, 5.41) is 2.65. The molecule has 0 saturated carbocycles. The van der Waals surface area contributed by atoms with Gasteiger partial charge in [0.15, 0.2) is 0 Å². The fraction of sp³-hybridized carbons (Fsp3) is 0.100. The lowest BCUT2D eigenvalue weighted by molar-refractivity contribution is 1.05. The van der Waals surface area contributed by atoms with E-state index in [2.05, 4.69) is 89.6 Å². The van der Waals surface area contributed by atoms with Crippen LogP contribution in [0.3, 0.4) is 0 Å². The second-order valence-electron chi connectivity index (χ2n) is 5.60. The first-order valence-electron chi connectivity index (χ1n) is 7.20. The first-order chi connectivity index (χ1) is 10.3. The Morgan fingerprint density at radius 2 is 1.71 bits per heavy atom. The number of fused-ring (bicyclic) bond motifs is 2. The number of rotatable bonds is 1. The molecule has 0 saturated heterocycles. The lowest BCUT2D eigenvalue weighted by Gasteiger charge is -2.17. The third-order valence-electron chi connectivity index (χ3n) is 4.34. The Morgan fingerprint density at radius 1 is 0.905 bits per heavy atom. The SMILES string of the molecule is Cc1ccc2c(c1Br)C(c1cccc3ccccc13)C=C2. The number of hydrogen-bond donors (Lipinski definition) is 0. The lowest BCUT2D eigenvalue weighted by atomic mass is 9.89. The van der Waals surface area contributed by atoms with Crippen LogP contribution >= 0.6 is 15.9 Å². The van der Waals surface area contributed by atoms with Crippen molar-refractivity contribution in [1.82, 2.24) is 0 Å². The van der Waals surface area contributed by atoms with E-state index in [1.54, 1.807) is 0 Å². The molecule has 0 spiro atoms. The molecule has 0 fully saturated rings. The molecule has 0 N–H and O–H groups in total. The maximum Gasteiger partial charge on any atom is 0.0296 e. The Balaban J connectivity index is 1.98. The summed E-state index contributed by atoms with van der Waals surface area (Å²) in [6.07, 6.45) is 4.56. The monoisotopic (exact) mass is 334 g/mol. The molecule has 3 aromatic carbocycles. The number of allylic oxidation sites excluding steroid dienone is 1. The van der Waals surface area contributed by atoms with E-state index >= 15 is 0 Å². The largest absolute Gasteiger partial charge is 0.0720 e. The van der Waals surface area contributed by atoms with E-state index in [0.29, 0.717) is 5.92 Å². The van der Waals surface area contributed by atoms with Crippen molar-refractivity contribution in [3.05, 3.63) is 87.4 Å². The third kappa shape index (κ3) is 1.96. The topological polar surface area (TPSA) is 0 Å². The second kappa shape index (κ2) is 4.85. The predicted molar refractivity (Wildman–Crippen MR) is 93.7 cm³/mol. The Labute approximate surface area is 133 Å². The van der Waals surface area contributed by atoms with Crippen LogP contribution in [0, 0.1) is 6.92 Å².